The van der Waals surface area contributed by atoms with Crippen molar-refractivity contribution in [1.82, 2.24) is 9.80 Å². The molecule has 1 aromatic heterocycles. The van der Waals surface area contributed by atoms with Gasteiger partial charge in [-0.3, -0.25) is 15.0 Å². The Morgan fingerprint density at radius 1 is 1.17 bits per heavy atom. The van der Waals surface area contributed by atoms with E-state index < -0.39 is 6.04 Å². The molecule has 2 heterocycles. The Bertz CT molecular complexity index is 1140. The molecule has 0 radical (unpaired) electrons. The highest BCUT2D eigenvalue weighted by Gasteiger charge is 2.36. The van der Waals surface area contributed by atoms with E-state index >= 15 is 0 Å². The van der Waals surface area contributed by atoms with Gasteiger partial charge in [0, 0.05) is 26.7 Å². The van der Waals surface area contributed by atoms with Gasteiger partial charge in [-0.15, -0.1) is 11.3 Å². The highest BCUT2D eigenvalue weighted by Crippen LogP contribution is 2.30. The highest BCUT2D eigenvalue weighted by molar-refractivity contribution is 7.19. The molecular weight excluding hydrogens is 420 g/mol. The van der Waals surface area contributed by atoms with Gasteiger partial charge in [-0.05, 0) is 36.1 Å². The van der Waals surface area contributed by atoms with Gasteiger partial charge in [0.25, 0.3) is 0 Å². The maximum Gasteiger partial charge on any atom is 0.245 e. The molecule has 4 rings (SSSR count). The number of nitrogens with zero attached hydrogens (tertiary/aromatic N) is 2. The Hall–Kier alpha value is -2.90. The smallest absolute Gasteiger partial charge is 0.245 e. The number of amidine groups is 1. The molecule has 6 nitrogen and oxygen atoms in total. The van der Waals surface area contributed by atoms with Crippen molar-refractivity contribution in [1.29, 1.82) is 5.41 Å². The molecule has 0 unspecified atom stereocenters. The lowest BCUT2D eigenvalue weighted by Crippen LogP contribution is -2.57. The van der Waals surface area contributed by atoms with E-state index in [9.17, 15) is 9.59 Å². The van der Waals surface area contributed by atoms with E-state index in [1.54, 1.807) is 40.2 Å². The third kappa shape index (κ3) is 4.04. The Morgan fingerprint density at radius 2 is 1.90 bits per heavy atom. The van der Waals surface area contributed by atoms with Crippen molar-refractivity contribution in [3.63, 3.8) is 0 Å². The summed E-state index contributed by atoms with van der Waals surface area (Å²) in [6, 6.07) is 14.4. The van der Waals surface area contributed by atoms with Crippen molar-refractivity contribution in [2.45, 2.75) is 26.1 Å². The van der Waals surface area contributed by atoms with Gasteiger partial charge in [-0.25, -0.2) is 0 Å². The summed E-state index contributed by atoms with van der Waals surface area (Å²) in [7, 11) is 0. The zero-order valence-corrected chi connectivity index (χ0v) is 18.0. The molecule has 1 saturated heterocycles. The zero-order chi connectivity index (χ0) is 21.4. The van der Waals surface area contributed by atoms with Crippen molar-refractivity contribution in [3.8, 4) is 0 Å². The van der Waals surface area contributed by atoms with Gasteiger partial charge in [-0.2, -0.15) is 0 Å². The molecule has 1 atom stereocenters. The van der Waals surface area contributed by atoms with Crippen LogP contribution in [0.4, 0.5) is 0 Å². The molecule has 8 heteroatoms. The van der Waals surface area contributed by atoms with Crippen molar-refractivity contribution in [2.75, 3.05) is 6.54 Å². The maximum absolute atomic E-state index is 13.0. The first-order valence-electron chi connectivity index (χ1n) is 9.51. The fourth-order valence-electron chi connectivity index (χ4n) is 3.62. The van der Waals surface area contributed by atoms with E-state index in [0.29, 0.717) is 23.7 Å². The number of carbonyl (C=O) groups excluding carboxylic acids is 2. The van der Waals surface area contributed by atoms with Crippen molar-refractivity contribution < 1.29 is 9.59 Å². The summed E-state index contributed by atoms with van der Waals surface area (Å²) in [5.41, 5.74) is 7.00. The predicted molar refractivity (Wildman–Crippen MR) is 120 cm³/mol. The minimum Gasteiger partial charge on any atom is -0.384 e. The third-order valence-corrected chi connectivity index (χ3v) is 6.60. The molecule has 1 fully saturated rings. The zero-order valence-electron chi connectivity index (χ0n) is 16.4. The van der Waals surface area contributed by atoms with Gasteiger partial charge >= 0.3 is 0 Å². The van der Waals surface area contributed by atoms with Crippen LogP contribution in [0.15, 0.2) is 48.5 Å². The fourth-order valence-corrected chi connectivity index (χ4v) is 4.97. The van der Waals surface area contributed by atoms with Gasteiger partial charge in [-0.1, -0.05) is 41.9 Å². The standard InChI is InChI=1S/C22H21ClN4O2S/c1-13-22(29)26(11-18-8-16-6-7-17(23)9-19(16)30-18)12-20(28)27(13)10-14-2-4-15(5-3-14)21(24)25/h2-9,13H,10-12H2,1H3,(H3,24,25)/t13-/m1/s1. The van der Waals surface area contributed by atoms with Gasteiger partial charge in [0.15, 0.2) is 0 Å². The topological polar surface area (TPSA) is 90.5 Å². The largest absolute Gasteiger partial charge is 0.384 e. The van der Waals surface area contributed by atoms with Gasteiger partial charge < -0.3 is 15.5 Å². The summed E-state index contributed by atoms with van der Waals surface area (Å²) < 4.78 is 1.07. The number of hydrogen-bond donors (Lipinski definition) is 2. The fraction of sp³-hybridized carbons (Fsp3) is 0.227. The lowest BCUT2D eigenvalue weighted by Gasteiger charge is -2.38. The molecule has 1 aliphatic rings. The second-order valence-corrected chi connectivity index (χ2v) is 9.00. The van der Waals surface area contributed by atoms with Crippen LogP contribution in [-0.2, 0) is 22.7 Å². The van der Waals surface area contributed by atoms with Crippen LogP contribution in [0.25, 0.3) is 10.1 Å². The third-order valence-electron chi connectivity index (χ3n) is 5.28. The quantitative estimate of drug-likeness (QED) is 0.469. The van der Waals surface area contributed by atoms with Crippen molar-refractivity contribution in [2.24, 2.45) is 5.73 Å². The van der Waals surface area contributed by atoms with Crippen LogP contribution in [0.5, 0.6) is 0 Å². The van der Waals surface area contributed by atoms with Crippen LogP contribution in [0.3, 0.4) is 0 Å². The number of fused-ring (bicyclic) bond motifs is 1. The molecule has 0 spiro atoms. The Balaban J connectivity index is 1.47. The minimum atomic E-state index is -0.539. The summed E-state index contributed by atoms with van der Waals surface area (Å²) >= 11 is 7.65. The highest BCUT2D eigenvalue weighted by atomic mass is 35.5. The van der Waals surface area contributed by atoms with E-state index in [-0.39, 0.29) is 24.2 Å². The molecule has 30 heavy (non-hydrogen) atoms. The molecule has 154 valence electrons. The molecule has 1 aliphatic heterocycles. The molecule has 2 aromatic carbocycles. The first-order chi connectivity index (χ1) is 14.3. The maximum atomic E-state index is 13.0. The number of halogens is 1. The predicted octanol–water partition coefficient (Wildman–Crippen LogP) is 3.60. The van der Waals surface area contributed by atoms with Crippen LogP contribution in [0.2, 0.25) is 5.02 Å². The van der Waals surface area contributed by atoms with Crippen LogP contribution >= 0.6 is 22.9 Å². The van der Waals surface area contributed by atoms with Crippen LogP contribution in [-0.4, -0.2) is 40.0 Å². The Kier molecular flexibility index (Phi) is 5.49. The lowest BCUT2D eigenvalue weighted by atomic mass is 10.1. The summed E-state index contributed by atoms with van der Waals surface area (Å²) in [6.45, 7) is 2.58. The van der Waals surface area contributed by atoms with E-state index in [1.807, 2.05) is 36.4 Å². The second-order valence-electron chi connectivity index (χ2n) is 7.40. The number of amides is 2. The van der Waals surface area contributed by atoms with E-state index in [2.05, 4.69) is 0 Å². The van der Waals surface area contributed by atoms with E-state index in [1.165, 1.54) is 0 Å². The number of benzene rings is 2. The monoisotopic (exact) mass is 440 g/mol. The van der Waals surface area contributed by atoms with Crippen LogP contribution in [0, 0.1) is 5.41 Å². The number of hydrogen-bond acceptors (Lipinski definition) is 4. The van der Waals surface area contributed by atoms with Crippen molar-refractivity contribution in [3.05, 3.63) is 69.6 Å². The molecule has 3 N–H and O–H groups in total. The normalized spacial score (nSPS) is 17.1. The van der Waals surface area contributed by atoms with Gasteiger partial charge in [0.05, 0.1) is 6.54 Å². The van der Waals surface area contributed by atoms with Gasteiger partial charge in [0.2, 0.25) is 11.8 Å². The number of thiophene rings is 1. The summed E-state index contributed by atoms with van der Waals surface area (Å²) in [5.74, 6) is -0.148. The summed E-state index contributed by atoms with van der Waals surface area (Å²) in [5, 5.41) is 9.23. The molecule has 0 bridgehead atoms. The minimum absolute atomic E-state index is 0.00158. The van der Waals surface area contributed by atoms with Crippen LogP contribution in [0.1, 0.15) is 22.9 Å². The number of carbonyl (C=O) groups is 2. The summed E-state index contributed by atoms with van der Waals surface area (Å²) in [4.78, 5) is 30.0. The first-order valence-corrected chi connectivity index (χ1v) is 10.7. The number of piperazine rings is 1. The Morgan fingerprint density at radius 3 is 2.60 bits per heavy atom. The van der Waals surface area contributed by atoms with E-state index in [4.69, 9.17) is 22.7 Å². The SMILES string of the molecule is C[C@@H]1C(=O)N(Cc2cc3ccc(Cl)cc3s2)CC(=O)N1Cc1ccc(C(=N)N)cc1. The average molecular weight is 441 g/mol. The van der Waals surface area contributed by atoms with E-state index in [0.717, 1.165) is 20.5 Å². The van der Waals surface area contributed by atoms with Gasteiger partial charge in [0.1, 0.15) is 18.4 Å². The molecular formula is C22H21ClN4O2S. The second kappa shape index (κ2) is 8.08. The summed E-state index contributed by atoms with van der Waals surface area (Å²) in [6.07, 6.45) is 0. The molecule has 0 saturated carbocycles. The van der Waals surface area contributed by atoms with Crippen LogP contribution < -0.4 is 5.73 Å². The molecule has 3 aromatic rings. The number of nitrogens with two attached hydrogens (primary N) is 1. The Labute approximate surface area is 183 Å². The first kappa shape index (κ1) is 20.4. The lowest BCUT2D eigenvalue weighted by molar-refractivity contribution is -0.156. The average Bonchev–Trinajstić information content (AvgIpc) is 3.11. The molecule has 2 amide bonds. The molecule has 0 aliphatic carbocycles. The number of nitrogen functional groups attached to an aromatic ring is 1. The number of rotatable bonds is 5. The van der Waals surface area contributed by atoms with Crippen molar-refractivity contribution >= 4 is 50.7 Å². The number of nitrogens with one attached hydrogen (secondary N) is 1.